The molecule has 1 heterocycles. The first kappa shape index (κ1) is 16.9. The summed E-state index contributed by atoms with van der Waals surface area (Å²) < 4.78 is 28.7. The van der Waals surface area contributed by atoms with Crippen molar-refractivity contribution < 1.29 is 23.1 Å². The Balaban J connectivity index is 1.75. The first-order chi connectivity index (χ1) is 11.5. The van der Waals surface area contributed by atoms with E-state index >= 15 is 0 Å². The van der Waals surface area contributed by atoms with Crippen molar-refractivity contribution in [3.63, 3.8) is 0 Å². The number of phosphoric ester groups is 1. The van der Waals surface area contributed by atoms with Crippen LogP contribution in [0, 0.1) is 10.1 Å². The average molecular weight is 370 g/mol. The maximum Gasteiger partial charge on any atom is 0.530 e. The Morgan fingerprint density at radius 1 is 1.25 bits per heavy atom. The minimum absolute atomic E-state index is 0.0945. The van der Waals surface area contributed by atoms with Gasteiger partial charge in [0.2, 0.25) is 0 Å². The van der Waals surface area contributed by atoms with Gasteiger partial charge in [0.05, 0.1) is 17.6 Å². The van der Waals surface area contributed by atoms with Crippen LogP contribution in [-0.2, 0) is 13.6 Å². The van der Waals surface area contributed by atoms with Crippen LogP contribution in [0.25, 0.3) is 0 Å². The highest BCUT2D eigenvalue weighted by atomic mass is 35.5. The van der Waals surface area contributed by atoms with E-state index in [0.29, 0.717) is 11.4 Å². The second-order valence-corrected chi connectivity index (χ2v) is 7.04. The van der Waals surface area contributed by atoms with Crippen LogP contribution in [0.1, 0.15) is 18.1 Å². The molecule has 24 heavy (non-hydrogen) atoms. The zero-order chi connectivity index (χ0) is 17.2. The van der Waals surface area contributed by atoms with Gasteiger partial charge in [0.25, 0.3) is 5.69 Å². The van der Waals surface area contributed by atoms with E-state index in [9.17, 15) is 14.7 Å². The minimum Gasteiger partial charge on any atom is -0.404 e. The van der Waals surface area contributed by atoms with Gasteiger partial charge >= 0.3 is 7.82 Å². The maximum absolute atomic E-state index is 12.7. The first-order valence-electron chi connectivity index (χ1n) is 7.08. The van der Waals surface area contributed by atoms with Crippen molar-refractivity contribution >= 4 is 25.1 Å². The molecule has 9 heteroatoms. The lowest BCUT2D eigenvalue weighted by Gasteiger charge is -2.29. The molecular formula is C15H13ClNO6P. The Kier molecular flexibility index (Phi) is 4.87. The lowest BCUT2D eigenvalue weighted by molar-refractivity contribution is -0.384. The van der Waals surface area contributed by atoms with Crippen LogP contribution < -0.4 is 4.52 Å². The normalized spacial score (nSPS) is 23.6. The van der Waals surface area contributed by atoms with Gasteiger partial charge in [-0.1, -0.05) is 23.7 Å². The molecule has 2 aromatic rings. The number of halogens is 1. The van der Waals surface area contributed by atoms with Gasteiger partial charge < -0.3 is 4.52 Å². The van der Waals surface area contributed by atoms with E-state index < -0.39 is 18.8 Å². The van der Waals surface area contributed by atoms with E-state index in [1.165, 1.54) is 24.3 Å². The topological polar surface area (TPSA) is 87.9 Å². The highest BCUT2D eigenvalue weighted by molar-refractivity contribution is 7.49. The quantitative estimate of drug-likeness (QED) is 0.432. The highest BCUT2D eigenvalue weighted by Gasteiger charge is 2.37. The molecule has 0 bridgehead atoms. The minimum atomic E-state index is -3.82. The van der Waals surface area contributed by atoms with Crippen LogP contribution in [0.4, 0.5) is 5.69 Å². The van der Waals surface area contributed by atoms with E-state index in [1.54, 1.807) is 18.2 Å². The summed E-state index contributed by atoms with van der Waals surface area (Å²) in [6.45, 7) is 0.196. The molecule has 0 spiro atoms. The lowest BCUT2D eigenvalue weighted by atomic mass is 10.1. The third-order valence-electron chi connectivity index (χ3n) is 3.37. The summed E-state index contributed by atoms with van der Waals surface area (Å²) in [5.41, 5.74) is 0.682. The van der Waals surface area contributed by atoms with Crippen LogP contribution in [0.3, 0.4) is 0 Å². The molecule has 1 aliphatic heterocycles. The summed E-state index contributed by atoms with van der Waals surface area (Å²) in [6, 6.07) is 12.2. The summed E-state index contributed by atoms with van der Waals surface area (Å²) >= 11 is 5.96. The summed E-state index contributed by atoms with van der Waals surface area (Å²) in [5, 5.41) is 11.2. The fourth-order valence-electron chi connectivity index (χ4n) is 2.25. The Morgan fingerprint density at radius 2 is 2.00 bits per heavy atom. The predicted molar refractivity (Wildman–Crippen MR) is 87.2 cm³/mol. The zero-order valence-corrected chi connectivity index (χ0v) is 14.0. The predicted octanol–water partition coefficient (Wildman–Crippen LogP) is 4.91. The number of nitro benzene ring substituents is 1. The summed E-state index contributed by atoms with van der Waals surface area (Å²) in [6.07, 6.45) is 0.0369. The molecule has 0 amide bonds. The Bertz CT molecular complexity index is 797. The van der Waals surface area contributed by atoms with Crippen molar-refractivity contribution in [2.45, 2.75) is 12.5 Å². The van der Waals surface area contributed by atoms with Crippen molar-refractivity contribution in [3.8, 4) is 5.75 Å². The number of benzene rings is 2. The fraction of sp³-hybridized carbons (Fsp3) is 0.200. The highest BCUT2D eigenvalue weighted by Crippen LogP contribution is 2.56. The van der Waals surface area contributed by atoms with Crippen molar-refractivity contribution in [2.24, 2.45) is 0 Å². The van der Waals surface area contributed by atoms with Gasteiger partial charge in [0.1, 0.15) is 5.75 Å². The monoisotopic (exact) mass is 369 g/mol. The van der Waals surface area contributed by atoms with Crippen molar-refractivity contribution in [1.82, 2.24) is 0 Å². The molecule has 1 saturated heterocycles. The molecule has 0 aromatic heterocycles. The van der Waals surface area contributed by atoms with E-state index in [0.717, 1.165) is 5.56 Å². The summed E-state index contributed by atoms with van der Waals surface area (Å²) in [7, 11) is -3.82. The van der Waals surface area contributed by atoms with Crippen LogP contribution >= 0.6 is 19.4 Å². The number of nitrogens with zero attached hydrogens (tertiary/aromatic N) is 1. The van der Waals surface area contributed by atoms with Gasteiger partial charge in [-0.3, -0.25) is 19.2 Å². The number of phosphoric acid groups is 1. The largest absolute Gasteiger partial charge is 0.530 e. The van der Waals surface area contributed by atoms with E-state index in [-0.39, 0.29) is 18.0 Å². The van der Waals surface area contributed by atoms with E-state index in [2.05, 4.69) is 0 Å². The second kappa shape index (κ2) is 6.91. The Labute approximate surface area is 142 Å². The van der Waals surface area contributed by atoms with Crippen LogP contribution in [-0.4, -0.2) is 11.5 Å². The molecular weight excluding hydrogens is 357 g/mol. The molecule has 1 fully saturated rings. The van der Waals surface area contributed by atoms with Gasteiger partial charge in [0.15, 0.2) is 0 Å². The third-order valence-corrected chi connectivity index (χ3v) is 5.05. The van der Waals surface area contributed by atoms with Crippen molar-refractivity contribution in [1.29, 1.82) is 0 Å². The standard InChI is InChI=1S/C15H13ClNO6P/c16-12-3-1-2-11(10-12)15-8-9-21-24(20,23-15)22-14-6-4-13(5-7-14)17(18)19/h1-7,10,15H,8-9H2/t15-,24?/m1/s1. The molecule has 3 rings (SSSR count). The molecule has 0 radical (unpaired) electrons. The number of hydrogen-bond acceptors (Lipinski definition) is 6. The molecule has 0 N–H and O–H groups in total. The lowest BCUT2D eigenvalue weighted by Crippen LogP contribution is -2.16. The van der Waals surface area contributed by atoms with Gasteiger partial charge in [-0.15, -0.1) is 0 Å². The SMILES string of the molecule is O=[N+]([O-])c1ccc(OP2(=O)OCC[C@H](c3cccc(Cl)c3)O2)cc1. The molecule has 2 aromatic carbocycles. The maximum atomic E-state index is 12.7. The number of hydrogen-bond donors (Lipinski definition) is 0. The third kappa shape index (κ3) is 3.94. The average Bonchev–Trinajstić information content (AvgIpc) is 2.55. The Hall–Kier alpha value is -1.92. The first-order valence-corrected chi connectivity index (χ1v) is 8.91. The fourth-order valence-corrected chi connectivity index (χ4v) is 3.85. The smallest absolute Gasteiger partial charge is 0.404 e. The van der Waals surface area contributed by atoms with Crippen molar-refractivity contribution in [2.75, 3.05) is 6.61 Å². The van der Waals surface area contributed by atoms with Gasteiger partial charge in [-0.2, -0.15) is 0 Å². The molecule has 126 valence electrons. The molecule has 1 aliphatic rings. The molecule has 0 aliphatic carbocycles. The molecule has 7 nitrogen and oxygen atoms in total. The zero-order valence-electron chi connectivity index (χ0n) is 12.3. The number of non-ortho nitro benzene ring substituents is 1. The van der Waals surface area contributed by atoms with Crippen LogP contribution in [0.15, 0.2) is 48.5 Å². The molecule has 2 atom stereocenters. The van der Waals surface area contributed by atoms with Gasteiger partial charge in [0, 0.05) is 23.6 Å². The second-order valence-electron chi connectivity index (χ2n) is 5.06. The van der Waals surface area contributed by atoms with Crippen LogP contribution in [0.2, 0.25) is 5.02 Å². The van der Waals surface area contributed by atoms with Crippen LogP contribution in [0.5, 0.6) is 5.75 Å². The van der Waals surface area contributed by atoms with Crippen molar-refractivity contribution in [3.05, 3.63) is 69.2 Å². The van der Waals surface area contributed by atoms with Gasteiger partial charge in [-0.25, -0.2) is 4.57 Å². The summed E-state index contributed by atoms with van der Waals surface area (Å²) in [5.74, 6) is 0.163. The molecule has 1 unspecified atom stereocenters. The Morgan fingerprint density at radius 3 is 2.67 bits per heavy atom. The van der Waals surface area contributed by atoms with E-state index in [4.69, 9.17) is 25.2 Å². The van der Waals surface area contributed by atoms with E-state index in [1.807, 2.05) is 6.07 Å². The number of rotatable bonds is 4. The molecule has 0 saturated carbocycles. The summed E-state index contributed by atoms with van der Waals surface area (Å²) in [4.78, 5) is 10.1. The van der Waals surface area contributed by atoms with Gasteiger partial charge in [-0.05, 0) is 29.8 Å². The number of nitro groups is 1.